The Morgan fingerprint density at radius 2 is 2.04 bits per heavy atom. The predicted octanol–water partition coefficient (Wildman–Crippen LogP) is 3.17. The van der Waals surface area contributed by atoms with Gasteiger partial charge in [0.1, 0.15) is 5.75 Å². The topological polar surface area (TPSA) is 74.4 Å². The first kappa shape index (κ1) is 16.2. The largest absolute Gasteiger partial charge is 0.495 e. The molecule has 4 rings (SSSR count). The number of aromatic nitrogens is 1. The summed E-state index contributed by atoms with van der Waals surface area (Å²) < 4.78 is 5.34. The molecule has 1 aromatic heterocycles. The molecule has 3 aromatic rings. The smallest absolute Gasteiger partial charge is 0.229 e. The molecule has 0 unspecified atom stereocenters. The maximum Gasteiger partial charge on any atom is 0.229 e. The fraction of sp³-hybridized carbons (Fsp3) is 0.200. The number of rotatable bonds is 4. The standard InChI is InChI=1S/C20H19N3O3/c1-26-18-8-3-2-7-17(18)23-12-13(11-19(23)24)20(25)22-16-6-4-5-15-14(16)9-10-21-15/h2-10,13,21H,11-12H2,1H3,(H,22,25)/t13-/m1/s1. The summed E-state index contributed by atoms with van der Waals surface area (Å²) in [7, 11) is 1.57. The quantitative estimate of drug-likeness (QED) is 0.760. The summed E-state index contributed by atoms with van der Waals surface area (Å²) in [6.07, 6.45) is 2.02. The van der Waals surface area contributed by atoms with Gasteiger partial charge in [0, 0.05) is 30.1 Å². The lowest BCUT2D eigenvalue weighted by Crippen LogP contribution is -2.28. The number of nitrogens with zero attached hydrogens (tertiary/aromatic N) is 1. The molecule has 0 saturated carbocycles. The number of H-pyrrole nitrogens is 1. The van der Waals surface area contributed by atoms with Gasteiger partial charge in [-0.2, -0.15) is 0 Å². The predicted molar refractivity (Wildman–Crippen MR) is 100 cm³/mol. The Kier molecular flexibility index (Phi) is 4.08. The van der Waals surface area contributed by atoms with E-state index >= 15 is 0 Å². The number of ether oxygens (including phenoxy) is 1. The summed E-state index contributed by atoms with van der Waals surface area (Å²) in [5.41, 5.74) is 2.40. The minimum Gasteiger partial charge on any atom is -0.495 e. The van der Waals surface area contributed by atoms with Crippen molar-refractivity contribution in [2.75, 3.05) is 23.9 Å². The Balaban J connectivity index is 1.53. The number of fused-ring (bicyclic) bond motifs is 1. The van der Waals surface area contributed by atoms with Crippen LogP contribution in [0.3, 0.4) is 0 Å². The Labute approximate surface area is 150 Å². The van der Waals surface area contributed by atoms with Gasteiger partial charge in [-0.1, -0.05) is 18.2 Å². The Hall–Kier alpha value is -3.28. The van der Waals surface area contributed by atoms with Crippen LogP contribution in [-0.4, -0.2) is 30.5 Å². The van der Waals surface area contributed by atoms with E-state index in [9.17, 15) is 9.59 Å². The highest BCUT2D eigenvalue weighted by atomic mass is 16.5. The lowest BCUT2D eigenvalue weighted by Gasteiger charge is -2.19. The molecule has 2 heterocycles. The third-order valence-electron chi connectivity index (χ3n) is 4.72. The summed E-state index contributed by atoms with van der Waals surface area (Å²) in [6, 6.07) is 15.0. The second kappa shape index (κ2) is 6.55. The summed E-state index contributed by atoms with van der Waals surface area (Å²) in [6.45, 7) is 0.341. The van der Waals surface area contributed by atoms with E-state index in [1.807, 2.05) is 54.7 Å². The van der Waals surface area contributed by atoms with Gasteiger partial charge in [0.25, 0.3) is 0 Å². The summed E-state index contributed by atoms with van der Waals surface area (Å²) in [5, 5.41) is 3.92. The van der Waals surface area contributed by atoms with E-state index < -0.39 is 5.92 Å². The second-order valence-electron chi connectivity index (χ2n) is 6.31. The normalized spacial score (nSPS) is 16.9. The Morgan fingerprint density at radius 3 is 2.88 bits per heavy atom. The van der Waals surface area contributed by atoms with E-state index in [0.717, 1.165) is 16.6 Å². The van der Waals surface area contributed by atoms with Gasteiger partial charge in [0.05, 0.1) is 24.4 Å². The molecular weight excluding hydrogens is 330 g/mol. The van der Waals surface area contributed by atoms with Gasteiger partial charge in [-0.15, -0.1) is 0 Å². The van der Waals surface area contributed by atoms with Crippen LogP contribution in [0, 0.1) is 5.92 Å². The van der Waals surface area contributed by atoms with E-state index in [2.05, 4.69) is 10.3 Å². The first-order valence-corrected chi connectivity index (χ1v) is 8.47. The van der Waals surface area contributed by atoms with Gasteiger partial charge in [-0.3, -0.25) is 9.59 Å². The van der Waals surface area contributed by atoms with E-state index in [1.165, 1.54) is 0 Å². The van der Waals surface area contributed by atoms with Gasteiger partial charge < -0.3 is 19.9 Å². The molecule has 6 nitrogen and oxygen atoms in total. The van der Waals surface area contributed by atoms with Gasteiger partial charge in [0.2, 0.25) is 11.8 Å². The molecule has 1 fully saturated rings. The first-order valence-electron chi connectivity index (χ1n) is 8.47. The lowest BCUT2D eigenvalue weighted by molar-refractivity contribution is -0.122. The number of anilines is 2. The monoisotopic (exact) mass is 349 g/mol. The minimum atomic E-state index is -0.401. The van der Waals surface area contributed by atoms with E-state index in [1.54, 1.807) is 12.0 Å². The molecule has 0 spiro atoms. The Bertz CT molecular complexity index is 979. The number of nitrogens with one attached hydrogen (secondary N) is 2. The van der Waals surface area contributed by atoms with Crippen LogP contribution in [0.25, 0.3) is 10.9 Å². The molecule has 1 saturated heterocycles. The van der Waals surface area contributed by atoms with Crippen LogP contribution in [-0.2, 0) is 9.59 Å². The molecule has 1 aliphatic rings. The van der Waals surface area contributed by atoms with Crippen LogP contribution in [0.15, 0.2) is 54.7 Å². The molecule has 0 bridgehead atoms. The number of hydrogen-bond donors (Lipinski definition) is 2. The highest BCUT2D eigenvalue weighted by Crippen LogP contribution is 2.33. The third-order valence-corrected chi connectivity index (χ3v) is 4.72. The molecular formula is C20H19N3O3. The molecule has 26 heavy (non-hydrogen) atoms. The highest BCUT2D eigenvalue weighted by Gasteiger charge is 2.36. The lowest BCUT2D eigenvalue weighted by atomic mass is 10.1. The molecule has 1 aliphatic heterocycles. The van der Waals surface area contributed by atoms with Crippen molar-refractivity contribution in [2.24, 2.45) is 5.92 Å². The SMILES string of the molecule is COc1ccccc1N1C[C@H](C(=O)Nc2cccc3[nH]ccc23)CC1=O. The van der Waals surface area contributed by atoms with E-state index in [-0.39, 0.29) is 18.2 Å². The van der Waals surface area contributed by atoms with Crippen LogP contribution in [0.4, 0.5) is 11.4 Å². The summed E-state index contributed by atoms with van der Waals surface area (Å²) in [5.74, 6) is -0.000407. The maximum atomic E-state index is 12.7. The first-order chi connectivity index (χ1) is 12.7. The fourth-order valence-corrected chi connectivity index (χ4v) is 3.40. The molecule has 0 aliphatic carbocycles. The van der Waals surface area contributed by atoms with Crippen molar-refractivity contribution in [1.82, 2.24) is 4.98 Å². The zero-order chi connectivity index (χ0) is 18.1. The number of carbonyl (C=O) groups excluding carboxylic acids is 2. The molecule has 2 aromatic carbocycles. The molecule has 0 radical (unpaired) electrons. The van der Waals surface area contributed by atoms with Crippen molar-refractivity contribution in [3.8, 4) is 5.75 Å². The number of amides is 2. The van der Waals surface area contributed by atoms with Gasteiger partial charge in [-0.25, -0.2) is 0 Å². The zero-order valence-corrected chi connectivity index (χ0v) is 14.4. The van der Waals surface area contributed by atoms with Crippen LogP contribution in [0.5, 0.6) is 5.75 Å². The van der Waals surface area contributed by atoms with Crippen molar-refractivity contribution >= 4 is 34.1 Å². The number of para-hydroxylation sites is 2. The molecule has 6 heteroatoms. The number of hydrogen-bond acceptors (Lipinski definition) is 3. The minimum absolute atomic E-state index is 0.0745. The molecule has 1 atom stereocenters. The van der Waals surface area contributed by atoms with Crippen molar-refractivity contribution in [2.45, 2.75) is 6.42 Å². The molecule has 132 valence electrons. The number of benzene rings is 2. The maximum absolute atomic E-state index is 12.7. The molecule has 2 N–H and O–H groups in total. The van der Waals surface area contributed by atoms with Crippen LogP contribution in [0.1, 0.15) is 6.42 Å². The third kappa shape index (κ3) is 2.79. The van der Waals surface area contributed by atoms with E-state index in [0.29, 0.717) is 18.0 Å². The van der Waals surface area contributed by atoms with Gasteiger partial charge >= 0.3 is 0 Å². The second-order valence-corrected chi connectivity index (χ2v) is 6.31. The van der Waals surface area contributed by atoms with Crippen molar-refractivity contribution in [3.63, 3.8) is 0 Å². The van der Waals surface area contributed by atoms with Crippen LogP contribution in [0.2, 0.25) is 0 Å². The molecule has 2 amide bonds. The van der Waals surface area contributed by atoms with Gasteiger partial charge in [0.15, 0.2) is 0 Å². The average Bonchev–Trinajstić information content (AvgIpc) is 3.29. The van der Waals surface area contributed by atoms with Crippen molar-refractivity contribution in [3.05, 3.63) is 54.7 Å². The zero-order valence-electron chi connectivity index (χ0n) is 14.4. The fourth-order valence-electron chi connectivity index (χ4n) is 3.40. The highest BCUT2D eigenvalue weighted by molar-refractivity contribution is 6.07. The van der Waals surface area contributed by atoms with Gasteiger partial charge in [-0.05, 0) is 30.3 Å². The van der Waals surface area contributed by atoms with Crippen molar-refractivity contribution < 1.29 is 14.3 Å². The Morgan fingerprint density at radius 1 is 1.19 bits per heavy atom. The number of methoxy groups -OCH3 is 1. The average molecular weight is 349 g/mol. The number of aromatic amines is 1. The van der Waals surface area contributed by atoms with Crippen LogP contribution < -0.4 is 15.0 Å². The summed E-state index contributed by atoms with van der Waals surface area (Å²) >= 11 is 0. The van der Waals surface area contributed by atoms with E-state index in [4.69, 9.17) is 4.74 Å². The number of carbonyl (C=O) groups is 2. The summed E-state index contributed by atoms with van der Waals surface area (Å²) in [4.78, 5) is 29.9. The van der Waals surface area contributed by atoms with Crippen LogP contribution >= 0.6 is 0 Å². The van der Waals surface area contributed by atoms with Crippen molar-refractivity contribution in [1.29, 1.82) is 0 Å².